The van der Waals surface area contributed by atoms with Crippen molar-refractivity contribution in [3.8, 4) is 0 Å². The van der Waals surface area contributed by atoms with Crippen molar-refractivity contribution in [2.45, 2.75) is 38.5 Å². The summed E-state index contributed by atoms with van der Waals surface area (Å²) in [6.07, 6.45) is 9.21. The Balaban J connectivity index is 1.33. The van der Waals surface area contributed by atoms with E-state index < -0.39 is 0 Å². The molecule has 0 saturated heterocycles. The molecular formula is C25H28N2O3. The highest BCUT2D eigenvalue weighted by Gasteiger charge is 2.41. The van der Waals surface area contributed by atoms with Gasteiger partial charge in [0, 0.05) is 36.8 Å². The molecule has 2 aromatic rings. The molecule has 3 heterocycles. The van der Waals surface area contributed by atoms with Gasteiger partial charge in [-0.15, -0.1) is 0 Å². The first kappa shape index (κ1) is 19.2. The molecule has 1 aromatic heterocycles. The predicted molar refractivity (Wildman–Crippen MR) is 116 cm³/mol. The van der Waals surface area contributed by atoms with Crippen LogP contribution in [0.25, 0.3) is 5.57 Å². The highest BCUT2D eigenvalue weighted by Crippen LogP contribution is 2.37. The number of furan rings is 1. The van der Waals surface area contributed by atoms with E-state index in [0.29, 0.717) is 13.1 Å². The van der Waals surface area contributed by atoms with E-state index in [1.54, 1.807) is 6.26 Å². The number of carbonyl (C=O) groups excluding carboxylic acids is 2. The Morgan fingerprint density at radius 1 is 0.933 bits per heavy atom. The van der Waals surface area contributed by atoms with Gasteiger partial charge in [-0.3, -0.25) is 9.59 Å². The van der Waals surface area contributed by atoms with Gasteiger partial charge in [0.15, 0.2) is 0 Å². The van der Waals surface area contributed by atoms with Crippen LogP contribution < -0.4 is 4.90 Å². The lowest BCUT2D eigenvalue weighted by atomic mass is 9.77. The lowest BCUT2D eigenvalue weighted by molar-refractivity contribution is -0.142. The summed E-state index contributed by atoms with van der Waals surface area (Å²) in [6.45, 7) is 2.01. The van der Waals surface area contributed by atoms with E-state index in [9.17, 15) is 9.59 Å². The van der Waals surface area contributed by atoms with Gasteiger partial charge >= 0.3 is 0 Å². The van der Waals surface area contributed by atoms with Crippen LogP contribution in [0, 0.1) is 11.8 Å². The molecular weight excluding hydrogens is 376 g/mol. The van der Waals surface area contributed by atoms with E-state index in [1.165, 1.54) is 5.56 Å². The van der Waals surface area contributed by atoms with Gasteiger partial charge in [0.1, 0.15) is 5.76 Å². The van der Waals surface area contributed by atoms with Crippen LogP contribution in [-0.2, 0) is 16.0 Å². The first-order chi connectivity index (χ1) is 14.7. The normalized spacial score (nSPS) is 23.8. The van der Waals surface area contributed by atoms with Gasteiger partial charge in [-0.25, -0.2) is 0 Å². The summed E-state index contributed by atoms with van der Waals surface area (Å²) in [4.78, 5) is 30.9. The van der Waals surface area contributed by atoms with Crippen LogP contribution in [-0.4, -0.2) is 36.3 Å². The molecule has 2 atom stereocenters. The second-order valence-electron chi connectivity index (χ2n) is 8.62. The van der Waals surface area contributed by atoms with Gasteiger partial charge < -0.3 is 14.2 Å². The molecule has 156 valence electrons. The smallest absolute Gasteiger partial charge is 0.230 e. The largest absolute Gasteiger partial charge is 0.465 e. The zero-order valence-electron chi connectivity index (χ0n) is 17.3. The Hall–Kier alpha value is -2.82. The van der Waals surface area contributed by atoms with E-state index in [-0.39, 0.29) is 23.7 Å². The molecule has 1 aliphatic carbocycles. The Morgan fingerprint density at radius 3 is 2.53 bits per heavy atom. The van der Waals surface area contributed by atoms with E-state index in [1.807, 2.05) is 40.1 Å². The van der Waals surface area contributed by atoms with Crippen LogP contribution in [0.5, 0.6) is 0 Å². The van der Waals surface area contributed by atoms with Crippen molar-refractivity contribution in [3.05, 3.63) is 60.1 Å². The van der Waals surface area contributed by atoms with E-state index in [2.05, 4.69) is 12.1 Å². The number of rotatable bonds is 3. The molecule has 2 amide bonds. The van der Waals surface area contributed by atoms with Crippen molar-refractivity contribution in [1.29, 1.82) is 0 Å². The van der Waals surface area contributed by atoms with Crippen LogP contribution in [0.3, 0.4) is 0 Å². The molecule has 30 heavy (non-hydrogen) atoms. The molecule has 0 spiro atoms. The number of amides is 2. The number of nitrogens with zero attached hydrogens (tertiary/aromatic N) is 2. The number of hydrogen-bond acceptors (Lipinski definition) is 3. The Morgan fingerprint density at radius 2 is 1.73 bits per heavy atom. The average molecular weight is 405 g/mol. The monoisotopic (exact) mass is 404 g/mol. The number of anilines is 1. The molecule has 2 aliphatic heterocycles. The summed E-state index contributed by atoms with van der Waals surface area (Å²) in [5.41, 5.74) is 3.32. The lowest BCUT2D eigenvalue weighted by Gasteiger charge is -2.37. The van der Waals surface area contributed by atoms with E-state index in [4.69, 9.17) is 4.42 Å². The zero-order valence-corrected chi connectivity index (χ0v) is 17.3. The maximum absolute atomic E-state index is 13.5. The number of carbonyl (C=O) groups is 2. The molecule has 5 heteroatoms. The maximum Gasteiger partial charge on any atom is 0.230 e. The van der Waals surface area contributed by atoms with Gasteiger partial charge in [0.25, 0.3) is 0 Å². The molecule has 0 bridgehead atoms. The van der Waals surface area contributed by atoms with Crippen LogP contribution in [0.4, 0.5) is 5.69 Å². The Labute approximate surface area is 177 Å². The second kappa shape index (κ2) is 8.13. The summed E-state index contributed by atoms with van der Waals surface area (Å²) in [7, 11) is 0. The molecule has 5 nitrogen and oxygen atoms in total. The van der Waals surface area contributed by atoms with Crippen molar-refractivity contribution in [1.82, 2.24) is 4.90 Å². The van der Waals surface area contributed by atoms with Crippen molar-refractivity contribution in [2.75, 3.05) is 24.5 Å². The van der Waals surface area contributed by atoms with Crippen molar-refractivity contribution in [2.24, 2.45) is 11.8 Å². The summed E-state index contributed by atoms with van der Waals surface area (Å²) < 4.78 is 5.54. The molecule has 5 rings (SSSR count). The summed E-state index contributed by atoms with van der Waals surface area (Å²) in [5.74, 6) is 0.678. The number of para-hydroxylation sites is 1. The standard InChI is InChI=1S/C25H28N2O3/c28-24(26-14-5-8-19(17-26)23-12-6-16-30-23)20-9-2-3-10-21(20)25(29)27-15-13-18-7-1-4-11-22(18)27/h1,4,6-8,11-12,16,20-21H,2-3,5,9-10,13-15,17H2/t20-,21-/m0/s1. The first-order valence-electron chi connectivity index (χ1n) is 11.1. The highest BCUT2D eigenvalue weighted by atomic mass is 16.3. The molecule has 3 aliphatic rings. The third kappa shape index (κ3) is 3.47. The average Bonchev–Trinajstić information content (AvgIpc) is 3.48. The summed E-state index contributed by atoms with van der Waals surface area (Å²) >= 11 is 0. The number of fused-ring (bicyclic) bond motifs is 1. The fourth-order valence-electron chi connectivity index (χ4n) is 5.30. The van der Waals surface area contributed by atoms with Crippen LogP contribution in [0.15, 0.2) is 53.2 Å². The minimum absolute atomic E-state index is 0.136. The second-order valence-corrected chi connectivity index (χ2v) is 8.62. The fraction of sp³-hybridized carbons (Fsp3) is 0.440. The predicted octanol–water partition coefficient (Wildman–Crippen LogP) is 4.29. The summed E-state index contributed by atoms with van der Waals surface area (Å²) in [5, 5.41) is 0. The van der Waals surface area contributed by atoms with Crippen molar-refractivity contribution < 1.29 is 14.0 Å². The minimum Gasteiger partial charge on any atom is -0.465 e. The number of benzene rings is 1. The third-order valence-electron chi connectivity index (χ3n) is 6.85. The van der Waals surface area contributed by atoms with Gasteiger partial charge in [0.2, 0.25) is 11.8 Å². The SMILES string of the molecule is O=C([C@H]1CCCC[C@@H]1C(=O)N1CCc2ccccc21)N1CCC=C(c2ccco2)C1. The molecule has 0 unspecified atom stereocenters. The first-order valence-corrected chi connectivity index (χ1v) is 11.1. The zero-order chi connectivity index (χ0) is 20.5. The van der Waals surface area contributed by atoms with Crippen LogP contribution in [0.2, 0.25) is 0 Å². The van der Waals surface area contributed by atoms with E-state index >= 15 is 0 Å². The summed E-state index contributed by atoms with van der Waals surface area (Å²) in [6, 6.07) is 12.0. The molecule has 1 saturated carbocycles. The van der Waals surface area contributed by atoms with Gasteiger partial charge in [0.05, 0.1) is 12.2 Å². The van der Waals surface area contributed by atoms with Crippen LogP contribution >= 0.6 is 0 Å². The van der Waals surface area contributed by atoms with Gasteiger partial charge in [-0.05, 0) is 49.4 Å². The Kier molecular flexibility index (Phi) is 5.19. The van der Waals surface area contributed by atoms with Gasteiger partial charge in [-0.1, -0.05) is 37.1 Å². The third-order valence-corrected chi connectivity index (χ3v) is 6.85. The highest BCUT2D eigenvalue weighted by molar-refractivity contribution is 5.99. The topological polar surface area (TPSA) is 53.8 Å². The molecule has 0 radical (unpaired) electrons. The van der Waals surface area contributed by atoms with E-state index in [0.717, 1.165) is 62.1 Å². The molecule has 0 N–H and O–H groups in total. The molecule has 1 aromatic carbocycles. The molecule has 1 fully saturated rings. The number of hydrogen-bond donors (Lipinski definition) is 0. The van der Waals surface area contributed by atoms with Crippen molar-refractivity contribution >= 4 is 23.1 Å². The van der Waals surface area contributed by atoms with Gasteiger partial charge in [-0.2, -0.15) is 0 Å². The maximum atomic E-state index is 13.5. The quantitative estimate of drug-likeness (QED) is 0.767. The van der Waals surface area contributed by atoms with Crippen LogP contribution in [0.1, 0.15) is 43.4 Å². The lowest BCUT2D eigenvalue weighted by Crippen LogP contribution is -2.47. The fourth-order valence-corrected chi connectivity index (χ4v) is 5.30. The minimum atomic E-state index is -0.213. The Bertz CT molecular complexity index is 963. The van der Waals surface area contributed by atoms with Crippen molar-refractivity contribution in [3.63, 3.8) is 0 Å².